The van der Waals surface area contributed by atoms with Crippen molar-refractivity contribution in [1.29, 1.82) is 0 Å². The highest BCUT2D eigenvalue weighted by Crippen LogP contribution is 2.22. The van der Waals surface area contributed by atoms with Gasteiger partial charge in [-0.25, -0.2) is 4.98 Å². The molecule has 0 aliphatic heterocycles. The van der Waals surface area contributed by atoms with Gasteiger partial charge in [0.15, 0.2) is 5.96 Å². The average Bonchev–Trinajstić information content (AvgIpc) is 2.89. The van der Waals surface area contributed by atoms with Gasteiger partial charge < -0.3 is 15.4 Å². The number of hydrogen-bond acceptors (Lipinski definition) is 4. The number of guanidine groups is 1. The Bertz CT molecular complexity index is 695. The van der Waals surface area contributed by atoms with Crippen LogP contribution in [0.15, 0.2) is 27.7 Å². The fourth-order valence-corrected chi connectivity index (χ4v) is 3.56. The lowest BCUT2D eigenvalue weighted by Gasteiger charge is -2.13. The van der Waals surface area contributed by atoms with Gasteiger partial charge in [-0.15, -0.1) is 11.3 Å². The van der Waals surface area contributed by atoms with Crippen LogP contribution in [0.25, 0.3) is 0 Å². The smallest absolute Gasteiger partial charge is 0.191 e. The fraction of sp³-hybridized carbons (Fsp3) is 0.412. The van der Waals surface area contributed by atoms with Crippen molar-refractivity contribution in [2.45, 2.75) is 26.8 Å². The van der Waals surface area contributed by atoms with Gasteiger partial charge in [-0.3, -0.25) is 4.99 Å². The molecule has 0 radical (unpaired) electrons. The monoisotopic (exact) mass is 410 g/mol. The molecule has 130 valence electrons. The maximum atomic E-state index is 5.39. The minimum atomic E-state index is 0.637. The normalized spacial score (nSPS) is 11.5. The van der Waals surface area contributed by atoms with Crippen molar-refractivity contribution in [3.05, 3.63) is 43.8 Å². The summed E-state index contributed by atoms with van der Waals surface area (Å²) in [5.41, 5.74) is 2.19. The van der Waals surface area contributed by atoms with Gasteiger partial charge in [0, 0.05) is 41.5 Å². The molecule has 0 saturated heterocycles. The molecule has 1 aromatic carbocycles. The van der Waals surface area contributed by atoms with E-state index >= 15 is 0 Å². The maximum absolute atomic E-state index is 5.39. The fourth-order valence-electron chi connectivity index (χ4n) is 2.22. The van der Waals surface area contributed by atoms with Gasteiger partial charge in [0.25, 0.3) is 0 Å². The molecule has 0 aliphatic carbocycles. The van der Waals surface area contributed by atoms with E-state index in [4.69, 9.17) is 4.74 Å². The highest BCUT2D eigenvalue weighted by Gasteiger charge is 2.06. The van der Waals surface area contributed by atoms with Crippen LogP contribution in [-0.4, -0.2) is 31.6 Å². The van der Waals surface area contributed by atoms with E-state index in [-0.39, 0.29) is 0 Å². The van der Waals surface area contributed by atoms with Gasteiger partial charge in [0.2, 0.25) is 0 Å². The first-order chi connectivity index (χ1) is 11.5. The molecule has 0 unspecified atom stereocenters. The van der Waals surface area contributed by atoms with E-state index in [1.165, 1.54) is 4.88 Å². The number of ether oxygens (including phenoxy) is 1. The Morgan fingerprint density at radius 1 is 1.33 bits per heavy atom. The number of aliphatic imine (C=N–C) groups is 1. The predicted molar refractivity (Wildman–Crippen MR) is 104 cm³/mol. The van der Waals surface area contributed by atoms with Gasteiger partial charge in [0.05, 0.1) is 17.8 Å². The zero-order valence-electron chi connectivity index (χ0n) is 14.4. The van der Waals surface area contributed by atoms with Crippen molar-refractivity contribution >= 4 is 33.2 Å². The predicted octanol–water partition coefficient (Wildman–Crippen LogP) is 3.44. The Hall–Kier alpha value is -1.60. The number of aromatic nitrogens is 1. The summed E-state index contributed by atoms with van der Waals surface area (Å²) in [7, 11) is 3.45. The number of aryl methyl sites for hydroxylation is 2. The third-order valence-corrected chi connectivity index (χ3v) is 5.24. The molecule has 0 aliphatic rings. The van der Waals surface area contributed by atoms with E-state index in [1.807, 2.05) is 18.2 Å². The molecule has 1 heterocycles. The molecule has 5 nitrogen and oxygen atoms in total. The number of methoxy groups -OCH3 is 1. The first-order valence-corrected chi connectivity index (χ1v) is 9.34. The number of nitrogens with zero attached hydrogens (tertiary/aromatic N) is 2. The number of thiazole rings is 1. The second-order valence-electron chi connectivity index (χ2n) is 5.31. The lowest BCUT2D eigenvalue weighted by atomic mass is 10.2. The lowest BCUT2D eigenvalue weighted by molar-refractivity contribution is 0.409. The standard InChI is InChI=1S/C17H23BrN4OS/c1-11-12(2)24-16(22-11)7-8-20-17(19-3)21-10-13-9-14(18)5-6-15(13)23-4/h5-6,9H,7-8,10H2,1-4H3,(H2,19,20,21). The van der Waals surface area contributed by atoms with Gasteiger partial charge in [-0.2, -0.15) is 0 Å². The van der Waals surface area contributed by atoms with Crippen LogP contribution in [0.3, 0.4) is 0 Å². The molecule has 0 bridgehead atoms. The van der Waals surface area contributed by atoms with Crippen molar-refractivity contribution < 1.29 is 4.74 Å². The number of nitrogens with one attached hydrogen (secondary N) is 2. The summed E-state index contributed by atoms with van der Waals surface area (Å²) in [6.45, 7) is 5.59. The molecule has 2 aromatic rings. The molecule has 7 heteroatoms. The summed E-state index contributed by atoms with van der Waals surface area (Å²) < 4.78 is 6.42. The van der Waals surface area contributed by atoms with E-state index in [0.29, 0.717) is 6.54 Å². The minimum absolute atomic E-state index is 0.637. The van der Waals surface area contributed by atoms with Crippen LogP contribution in [0, 0.1) is 13.8 Å². The Kier molecular flexibility index (Phi) is 7.05. The largest absolute Gasteiger partial charge is 0.496 e. The molecule has 0 saturated carbocycles. The minimum Gasteiger partial charge on any atom is -0.496 e. The SMILES string of the molecule is CN=C(NCCc1nc(C)c(C)s1)NCc1cc(Br)ccc1OC. The highest BCUT2D eigenvalue weighted by molar-refractivity contribution is 9.10. The van der Waals surface area contributed by atoms with Crippen LogP contribution in [0.2, 0.25) is 0 Å². The molecular weight excluding hydrogens is 388 g/mol. The van der Waals surface area contributed by atoms with Crippen LogP contribution in [0.5, 0.6) is 5.75 Å². The van der Waals surface area contributed by atoms with Crippen LogP contribution in [0.4, 0.5) is 0 Å². The Labute approximate surface area is 155 Å². The van der Waals surface area contributed by atoms with E-state index in [9.17, 15) is 0 Å². The summed E-state index contributed by atoms with van der Waals surface area (Å²) in [6, 6.07) is 5.96. The second kappa shape index (κ2) is 9.03. The third-order valence-electron chi connectivity index (χ3n) is 3.62. The summed E-state index contributed by atoms with van der Waals surface area (Å²) in [5.74, 6) is 1.62. The molecule has 0 fully saturated rings. The van der Waals surface area contributed by atoms with E-state index in [1.54, 1.807) is 25.5 Å². The average molecular weight is 411 g/mol. The van der Waals surface area contributed by atoms with Crippen molar-refractivity contribution in [2.24, 2.45) is 4.99 Å². The van der Waals surface area contributed by atoms with Crippen LogP contribution in [-0.2, 0) is 13.0 Å². The molecule has 24 heavy (non-hydrogen) atoms. The highest BCUT2D eigenvalue weighted by atomic mass is 79.9. The van der Waals surface area contributed by atoms with Crippen LogP contribution >= 0.6 is 27.3 Å². The Morgan fingerprint density at radius 2 is 2.12 bits per heavy atom. The van der Waals surface area contributed by atoms with E-state index in [0.717, 1.165) is 45.4 Å². The molecular formula is C17H23BrN4OS. The topological polar surface area (TPSA) is 58.5 Å². The Morgan fingerprint density at radius 3 is 2.75 bits per heavy atom. The zero-order chi connectivity index (χ0) is 17.5. The second-order valence-corrected chi connectivity index (χ2v) is 7.51. The quantitative estimate of drug-likeness (QED) is 0.565. The first-order valence-electron chi connectivity index (χ1n) is 7.73. The van der Waals surface area contributed by atoms with E-state index in [2.05, 4.69) is 50.4 Å². The summed E-state index contributed by atoms with van der Waals surface area (Å²) in [5, 5.41) is 7.79. The summed E-state index contributed by atoms with van der Waals surface area (Å²) in [4.78, 5) is 10.1. The van der Waals surface area contributed by atoms with Gasteiger partial charge in [-0.1, -0.05) is 15.9 Å². The number of halogens is 1. The summed E-state index contributed by atoms with van der Waals surface area (Å²) in [6.07, 6.45) is 0.889. The van der Waals surface area contributed by atoms with Crippen LogP contribution < -0.4 is 15.4 Å². The zero-order valence-corrected chi connectivity index (χ0v) is 16.8. The lowest BCUT2D eigenvalue weighted by Crippen LogP contribution is -2.37. The first kappa shape index (κ1) is 18.7. The molecule has 0 spiro atoms. The van der Waals surface area contributed by atoms with Gasteiger partial charge in [-0.05, 0) is 32.0 Å². The summed E-state index contributed by atoms with van der Waals surface area (Å²) >= 11 is 5.25. The van der Waals surface area contributed by atoms with Crippen molar-refractivity contribution in [3.63, 3.8) is 0 Å². The molecule has 0 atom stereocenters. The Balaban J connectivity index is 1.85. The molecule has 0 amide bonds. The number of rotatable bonds is 6. The maximum Gasteiger partial charge on any atom is 0.191 e. The van der Waals surface area contributed by atoms with E-state index < -0.39 is 0 Å². The van der Waals surface area contributed by atoms with Gasteiger partial charge in [0.1, 0.15) is 5.75 Å². The number of hydrogen-bond donors (Lipinski definition) is 2. The van der Waals surface area contributed by atoms with Gasteiger partial charge >= 0.3 is 0 Å². The van der Waals surface area contributed by atoms with Crippen LogP contribution in [0.1, 0.15) is 21.1 Å². The van der Waals surface area contributed by atoms with Crippen molar-refractivity contribution in [3.8, 4) is 5.75 Å². The van der Waals surface area contributed by atoms with Crippen molar-refractivity contribution in [1.82, 2.24) is 15.6 Å². The molecule has 1 aromatic heterocycles. The third kappa shape index (κ3) is 5.21. The molecule has 2 N–H and O–H groups in total. The molecule has 2 rings (SSSR count). The van der Waals surface area contributed by atoms with Crippen molar-refractivity contribution in [2.75, 3.05) is 20.7 Å². The number of benzene rings is 1.